The van der Waals surface area contributed by atoms with Crippen molar-refractivity contribution in [2.24, 2.45) is 0 Å². The van der Waals surface area contributed by atoms with Gasteiger partial charge in [-0.05, 0) is 12.1 Å². The van der Waals surface area contributed by atoms with E-state index in [-0.39, 0.29) is 0 Å². The molecule has 0 fully saturated rings. The van der Waals surface area contributed by atoms with Crippen LogP contribution in [0.3, 0.4) is 0 Å². The highest BCUT2D eigenvalue weighted by Gasteiger charge is 2.29. The molecule has 0 bridgehead atoms. The van der Waals surface area contributed by atoms with E-state index in [4.69, 9.17) is 0 Å². The zero-order chi connectivity index (χ0) is 9.73. The number of rotatable bonds is 3. The predicted molar refractivity (Wildman–Crippen MR) is 43.7 cm³/mol. The summed E-state index contributed by atoms with van der Waals surface area (Å²) in [5.41, 5.74) is 0. The zero-order valence-corrected chi connectivity index (χ0v) is 7.23. The quantitative estimate of drug-likeness (QED) is 0.702. The minimum Gasteiger partial charge on any atom is -0.273 e. The second-order valence-corrected chi connectivity index (χ2v) is 2.99. The van der Waals surface area contributed by atoms with Crippen LogP contribution in [0.4, 0.5) is 13.2 Å². The standard InChI is InChI=1S/C8H6F3OS/c9-8(10,11)12-6-13-7-4-2-1-3-5-7/h1-6H. The Labute approximate surface area is 77.9 Å². The molecule has 1 nitrogen and oxygen atoms in total. The maximum absolute atomic E-state index is 11.5. The largest absolute Gasteiger partial charge is 0.523 e. The van der Waals surface area contributed by atoms with Crippen molar-refractivity contribution in [2.45, 2.75) is 11.3 Å². The normalized spacial score (nSPS) is 11.6. The Morgan fingerprint density at radius 2 is 1.77 bits per heavy atom. The molecule has 0 saturated heterocycles. The van der Waals surface area contributed by atoms with Crippen molar-refractivity contribution in [1.29, 1.82) is 0 Å². The van der Waals surface area contributed by atoms with Crippen molar-refractivity contribution in [1.82, 2.24) is 0 Å². The second kappa shape index (κ2) is 4.53. The van der Waals surface area contributed by atoms with Gasteiger partial charge in [0.05, 0.1) is 0 Å². The lowest BCUT2D eigenvalue weighted by molar-refractivity contribution is -0.303. The zero-order valence-electron chi connectivity index (χ0n) is 6.41. The van der Waals surface area contributed by atoms with Crippen LogP contribution in [0.2, 0.25) is 0 Å². The van der Waals surface area contributed by atoms with E-state index in [0.29, 0.717) is 10.8 Å². The van der Waals surface area contributed by atoms with Gasteiger partial charge in [-0.25, -0.2) is 0 Å². The van der Waals surface area contributed by atoms with Crippen LogP contribution in [0, 0.1) is 5.94 Å². The van der Waals surface area contributed by atoms with Crippen LogP contribution in [0.15, 0.2) is 35.2 Å². The number of hydrogen-bond acceptors (Lipinski definition) is 2. The van der Waals surface area contributed by atoms with Crippen LogP contribution < -0.4 is 0 Å². The first-order chi connectivity index (χ1) is 6.08. The molecule has 0 N–H and O–H groups in total. The summed E-state index contributed by atoms with van der Waals surface area (Å²) in [6.45, 7) is 0. The molecule has 1 aromatic rings. The van der Waals surface area contributed by atoms with Crippen molar-refractivity contribution in [2.75, 3.05) is 0 Å². The molecule has 0 atom stereocenters. The number of ether oxygens (including phenoxy) is 1. The van der Waals surface area contributed by atoms with E-state index >= 15 is 0 Å². The Balaban J connectivity index is 2.29. The monoisotopic (exact) mass is 207 g/mol. The lowest BCUT2D eigenvalue weighted by atomic mass is 10.4. The Morgan fingerprint density at radius 3 is 2.31 bits per heavy atom. The molecule has 0 heterocycles. The highest BCUT2D eigenvalue weighted by atomic mass is 32.2. The Hall–Kier alpha value is -0.680. The maximum Gasteiger partial charge on any atom is 0.523 e. The molecule has 1 radical (unpaired) electrons. The molecule has 0 unspecified atom stereocenters. The molecular weight excluding hydrogens is 201 g/mol. The molecule has 1 aromatic carbocycles. The highest BCUT2D eigenvalue weighted by molar-refractivity contribution is 8.01. The number of halogens is 3. The van der Waals surface area contributed by atoms with Crippen LogP contribution in [-0.2, 0) is 4.74 Å². The van der Waals surface area contributed by atoms with E-state index < -0.39 is 6.36 Å². The van der Waals surface area contributed by atoms with E-state index in [2.05, 4.69) is 4.74 Å². The molecule has 0 saturated carbocycles. The Kier molecular flexibility index (Phi) is 3.62. The molecule has 0 amide bonds. The van der Waals surface area contributed by atoms with Crippen molar-refractivity contribution < 1.29 is 17.9 Å². The van der Waals surface area contributed by atoms with E-state index in [1.54, 1.807) is 30.3 Å². The van der Waals surface area contributed by atoms with Crippen molar-refractivity contribution in [3.63, 3.8) is 0 Å². The third-order valence-electron chi connectivity index (χ3n) is 1.11. The molecule has 5 heteroatoms. The summed E-state index contributed by atoms with van der Waals surface area (Å²) in [6.07, 6.45) is -4.60. The number of benzene rings is 1. The van der Waals surface area contributed by atoms with Crippen LogP contribution in [0.25, 0.3) is 0 Å². The Morgan fingerprint density at radius 1 is 1.15 bits per heavy atom. The fourth-order valence-corrected chi connectivity index (χ4v) is 1.22. The Bertz CT molecular complexity index is 247. The number of thioether (sulfide) groups is 1. The minimum absolute atomic E-state index is 0.662. The molecule has 0 spiro atoms. The average Bonchev–Trinajstić information content (AvgIpc) is 2.04. The van der Waals surface area contributed by atoms with Gasteiger partial charge in [-0.3, -0.25) is 4.74 Å². The summed E-state index contributed by atoms with van der Waals surface area (Å²) in [7, 11) is 0. The van der Waals surface area contributed by atoms with Crippen molar-refractivity contribution >= 4 is 11.8 Å². The number of hydrogen-bond donors (Lipinski definition) is 0. The van der Waals surface area contributed by atoms with Gasteiger partial charge in [-0.15, -0.1) is 13.2 Å². The molecule has 0 aromatic heterocycles. The van der Waals surface area contributed by atoms with Gasteiger partial charge in [-0.1, -0.05) is 30.0 Å². The average molecular weight is 207 g/mol. The topological polar surface area (TPSA) is 9.23 Å². The van der Waals surface area contributed by atoms with E-state index in [0.717, 1.165) is 11.8 Å². The van der Waals surface area contributed by atoms with Gasteiger partial charge in [0, 0.05) is 4.90 Å². The van der Waals surface area contributed by atoms with Crippen molar-refractivity contribution in [3.05, 3.63) is 36.3 Å². The van der Waals surface area contributed by atoms with Crippen LogP contribution in [0.1, 0.15) is 0 Å². The van der Waals surface area contributed by atoms with Gasteiger partial charge in [0.2, 0.25) is 0 Å². The van der Waals surface area contributed by atoms with Gasteiger partial charge < -0.3 is 0 Å². The molecule has 0 aliphatic carbocycles. The minimum atomic E-state index is -4.60. The first-order valence-electron chi connectivity index (χ1n) is 3.36. The molecular formula is C8H6F3OS. The SMILES string of the molecule is FC(F)(F)O[CH]Sc1ccccc1. The highest BCUT2D eigenvalue weighted by Crippen LogP contribution is 2.26. The molecule has 71 valence electrons. The fourth-order valence-electron chi connectivity index (χ4n) is 0.633. The van der Waals surface area contributed by atoms with Crippen LogP contribution >= 0.6 is 11.8 Å². The molecule has 0 aliphatic heterocycles. The molecule has 1 rings (SSSR count). The van der Waals surface area contributed by atoms with Gasteiger partial charge >= 0.3 is 6.36 Å². The smallest absolute Gasteiger partial charge is 0.273 e. The van der Waals surface area contributed by atoms with Crippen molar-refractivity contribution in [3.8, 4) is 0 Å². The summed E-state index contributed by atoms with van der Waals surface area (Å²) < 4.78 is 37.9. The first-order valence-corrected chi connectivity index (χ1v) is 4.24. The van der Waals surface area contributed by atoms with Gasteiger partial charge in [0.15, 0.2) is 5.94 Å². The lowest BCUT2D eigenvalue weighted by Gasteiger charge is -2.05. The van der Waals surface area contributed by atoms with E-state index in [1.165, 1.54) is 0 Å². The fraction of sp³-hybridized carbons (Fsp3) is 0.125. The van der Waals surface area contributed by atoms with E-state index in [1.807, 2.05) is 0 Å². The first kappa shape index (κ1) is 10.4. The lowest BCUT2D eigenvalue weighted by Crippen LogP contribution is -2.09. The summed E-state index contributed by atoms with van der Waals surface area (Å²) in [5, 5.41) is 0. The summed E-state index contributed by atoms with van der Waals surface area (Å²) in [4.78, 5) is 0.701. The second-order valence-electron chi connectivity index (χ2n) is 2.09. The van der Waals surface area contributed by atoms with E-state index in [9.17, 15) is 13.2 Å². The summed E-state index contributed by atoms with van der Waals surface area (Å²) >= 11 is 0.880. The maximum atomic E-state index is 11.5. The van der Waals surface area contributed by atoms with Gasteiger partial charge in [-0.2, -0.15) is 0 Å². The third kappa shape index (κ3) is 4.80. The summed E-state index contributed by atoms with van der Waals surface area (Å²) in [6, 6.07) is 8.66. The summed E-state index contributed by atoms with van der Waals surface area (Å²) in [5.74, 6) is 0.662. The number of alkyl halides is 3. The van der Waals surface area contributed by atoms with Crippen LogP contribution in [-0.4, -0.2) is 6.36 Å². The molecule has 0 aliphatic rings. The predicted octanol–water partition coefficient (Wildman–Crippen LogP) is 3.43. The molecule has 13 heavy (non-hydrogen) atoms. The van der Waals surface area contributed by atoms with Gasteiger partial charge in [0.1, 0.15) is 0 Å². The van der Waals surface area contributed by atoms with Gasteiger partial charge in [0.25, 0.3) is 0 Å². The third-order valence-corrected chi connectivity index (χ3v) is 1.85. The van der Waals surface area contributed by atoms with Crippen LogP contribution in [0.5, 0.6) is 0 Å².